The number of piperazine rings is 1. The lowest BCUT2D eigenvalue weighted by Gasteiger charge is -2.36. The normalized spacial score (nSPS) is 14.6. The number of nitrogens with zero attached hydrogens (tertiary/aromatic N) is 2. The van der Waals surface area contributed by atoms with Gasteiger partial charge in [-0.25, -0.2) is 0 Å². The highest BCUT2D eigenvalue weighted by Gasteiger charge is 2.19. The maximum Gasteiger partial charge on any atom is 0.220 e. The highest BCUT2D eigenvalue weighted by atomic mass is 16.5. The summed E-state index contributed by atoms with van der Waals surface area (Å²) in [5, 5.41) is 3.00. The molecule has 0 atom stereocenters. The second kappa shape index (κ2) is 11.5. The van der Waals surface area contributed by atoms with Crippen LogP contribution in [0, 0.1) is 0 Å². The first-order chi connectivity index (χ1) is 14.3. The molecule has 0 radical (unpaired) electrons. The lowest BCUT2D eigenvalue weighted by atomic mass is 10.1. The zero-order valence-corrected chi connectivity index (χ0v) is 17.5. The van der Waals surface area contributed by atoms with Crippen molar-refractivity contribution < 1.29 is 9.53 Å². The SMILES string of the molecule is COc1ccccc1N1CCN(CCCCCC(=O)NCc2ccccc2)CC1. The molecule has 1 amide bonds. The predicted octanol–water partition coefficient (Wildman–Crippen LogP) is 3.69. The number of carbonyl (C=O) groups is 1. The van der Waals surface area contributed by atoms with E-state index in [9.17, 15) is 4.79 Å². The van der Waals surface area contributed by atoms with E-state index in [1.54, 1.807) is 7.11 Å². The van der Waals surface area contributed by atoms with Gasteiger partial charge in [0.25, 0.3) is 0 Å². The van der Waals surface area contributed by atoms with E-state index in [1.165, 1.54) is 5.69 Å². The van der Waals surface area contributed by atoms with Crippen molar-refractivity contribution in [2.45, 2.75) is 32.2 Å². The molecule has 0 spiro atoms. The van der Waals surface area contributed by atoms with Gasteiger partial charge >= 0.3 is 0 Å². The van der Waals surface area contributed by atoms with Crippen LogP contribution in [0.5, 0.6) is 5.75 Å². The Morgan fingerprint density at radius 1 is 0.931 bits per heavy atom. The van der Waals surface area contributed by atoms with Gasteiger partial charge in [0, 0.05) is 39.1 Å². The van der Waals surface area contributed by atoms with Gasteiger partial charge in [-0.1, -0.05) is 48.9 Å². The Morgan fingerprint density at radius 2 is 1.66 bits per heavy atom. The van der Waals surface area contributed by atoms with Crippen LogP contribution in [0.25, 0.3) is 0 Å². The standard InChI is InChI=1S/C24H33N3O2/c1-29-23-13-8-7-12-22(23)27-18-16-26(17-19-27)15-9-3-6-14-24(28)25-20-21-10-4-2-5-11-21/h2,4-5,7-8,10-13H,3,6,9,14-20H2,1H3,(H,25,28). The third kappa shape index (κ3) is 6.79. The fraction of sp³-hybridized carbons (Fsp3) is 0.458. The van der Waals surface area contributed by atoms with Crippen LogP contribution in [0.2, 0.25) is 0 Å². The van der Waals surface area contributed by atoms with Crippen molar-refractivity contribution in [3.05, 3.63) is 60.2 Å². The minimum atomic E-state index is 0.152. The number of methoxy groups -OCH3 is 1. The Morgan fingerprint density at radius 3 is 2.41 bits per heavy atom. The number of para-hydroxylation sites is 2. The van der Waals surface area contributed by atoms with Crippen molar-refractivity contribution in [3.8, 4) is 5.75 Å². The van der Waals surface area contributed by atoms with E-state index in [4.69, 9.17) is 4.74 Å². The molecule has 2 aromatic carbocycles. The van der Waals surface area contributed by atoms with Crippen molar-refractivity contribution in [3.63, 3.8) is 0 Å². The monoisotopic (exact) mass is 395 g/mol. The number of benzene rings is 2. The Balaban J connectivity index is 1.26. The smallest absolute Gasteiger partial charge is 0.220 e. The van der Waals surface area contributed by atoms with Crippen LogP contribution in [0.4, 0.5) is 5.69 Å². The summed E-state index contributed by atoms with van der Waals surface area (Å²) in [6.45, 7) is 5.96. The van der Waals surface area contributed by atoms with Gasteiger partial charge in [0.2, 0.25) is 5.91 Å². The molecule has 2 aromatic rings. The molecule has 0 bridgehead atoms. The van der Waals surface area contributed by atoms with Gasteiger partial charge in [-0.05, 0) is 37.1 Å². The second-order valence-corrected chi connectivity index (χ2v) is 7.57. The summed E-state index contributed by atoms with van der Waals surface area (Å²) in [7, 11) is 1.73. The molecule has 1 heterocycles. The van der Waals surface area contributed by atoms with Gasteiger partial charge in [0.05, 0.1) is 12.8 Å². The fourth-order valence-electron chi connectivity index (χ4n) is 3.79. The Kier molecular flexibility index (Phi) is 8.38. The predicted molar refractivity (Wildman–Crippen MR) is 118 cm³/mol. The zero-order valence-electron chi connectivity index (χ0n) is 17.5. The number of anilines is 1. The fourth-order valence-corrected chi connectivity index (χ4v) is 3.79. The van der Waals surface area contributed by atoms with Gasteiger partial charge in [-0.2, -0.15) is 0 Å². The van der Waals surface area contributed by atoms with Crippen molar-refractivity contribution >= 4 is 11.6 Å². The molecule has 156 valence electrons. The zero-order chi connectivity index (χ0) is 20.3. The Labute approximate surface area is 174 Å². The van der Waals surface area contributed by atoms with Crippen LogP contribution in [0.15, 0.2) is 54.6 Å². The molecule has 5 heteroatoms. The first kappa shape index (κ1) is 21.2. The number of rotatable bonds is 10. The van der Waals surface area contributed by atoms with Gasteiger partial charge in [0.15, 0.2) is 0 Å². The summed E-state index contributed by atoms with van der Waals surface area (Å²) in [5.41, 5.74) is 2.34. The largest absolute Gasteiger partial charge is 0.495 e. The van der Waals surface area contributed by atoms with Crippen LogP contribution in [0.3, 0.4) is 0 Å². The molecule has 0 saturated carbocycles. The summed E-state index contributed by atoms with van der Waals surface area (Å²) in [6.07, 6.45) is 3.84. The average molecular weight is 396 g/mol. The molecule has 1 N–H and O–H groups in total. The lowest BCUT2D eigenvalue weighted by Crippen LogP contribution is -2.46. The van der Waals surface area contributed by atoms with E-state index in [0.29, 0.717) is 13.0 Å². The maximum absolute atomic E-state index is 12.0. The van der Waals surface area contributed by atoms with Crippen molar-refractivity contribution in [2.24, 2.45) is 0 Å². The molecule has 1 saturated heterocycles. The number of hydrogen-bond donors (Lipinski definition) is 1. The molecule has 0 aliphatic carbocycles. The van der Waals surface area contributed by atoms with Crippen LogP contribution < -0.4 is 15.0 Å². The topological polar surface area (TPSA) is 44.8 Å². The molecule has 3 rings (SSSR count). The number of ether oxygens (including phenoxy) is 1. The van der Waals surface area contributed by atoms with E-state index in [0.717, 1.165) is 63.3 Å². The minimum Gasteiger partial charge on any atom is -0.495 e. The van der Waals surface area contributed by atoms with Crippen LogP contribution in [0.1, 0.15) is 31.2 Å². The highest BCUT2D eigenvalue weighted by molar-refractivity contribution is 5.75. The van der Waals surface area contributed by atoms with E-state index in [-0.39, 0.29) is 5.91 Å². The maximum atomic E-state index is 12.0. The summed E-state index contributed by atoms with van der Waals surface area (Å²) >= 11 is 0. The third-order valence-electron chi connectivity index (χ3n) is 5.51. The summed E-state index contributed by atoms with van der Waals surface area (Å²) in [4.78, 5) is 16.9. The van der Waals surface area contributed by atoms with Gasteiger partial charge in [-0.15, -0.1) is 0 Å². The molecular weight excluding hydrogens is 362 g/mol. The first-order valence-corrected chi connectivity index (χ1v) is 10.7. The number of hydrogen-bond acceptors (Lipinski definition) is 4. The van der Waals surface area contributed by atoms with Crippen LogP contribution in [-0.2, 0) is 11.3 Å². The van der Waals surface area contributed by atoms with Crippen molar-refractivity contribution in [1.82, 2.24) is 10.2 Å². The Bertz CT molecular complexity index is 743. The van der Waals surface area contributed by atoms with Crippen molar-refractivity contribution in [1.29, 1.82) is 0 Å². The number of carbonyl (C=O) groups excluding carboxylic acids is 1. The van der Waals surface area contributed by atoms with E-state index < -0.39 is 0 Å². The van der Waals surface area contributed by atoms with E-state index in [2.05, 4.69) is 27.2 Å². The molecule has 1 aliphatic heterocycles. The van der Waals surface area contributed by atoms with Crippen LogP contribution in [-0.4, -0.2) is 50.6 Å². The summed E-state index contributed by atoms with van der Waals surface area (Å²) < 4.78 is 5.49. The Hall–Kier alpha value is -2.53. The number of unbranched alkanes of at least 4 members (excludes halogenated alkanes) is 2. The quantitative estimate of drug-likeness (QED) is 0.623. The van der Waals surface area contributed by atoms with Gasteiger partial charge < -0.3 is 15.0 Å². The third-order valence-corrected chi connectivity index (χ3v) is 5.51. The molecule has 5 nitrogen and oxygen atoms in total. The molecule has 1 aliphatic rings. The van der Waals surface area contributed by atoms with Gasteiger partial charge in [-0.3, -0.25) is 9.69 Å². The van der Waals surface area contributed by atoms with E-state index in [1.807, 2.05) is 42.5 Å². The molecule has 0 unspecified atom stereocenters. The van der Waals surface area contributed by atoms with Crippen LogP contribution >= 0.6 is 0 Å². The first-order valence-electron chi connectivity index (χ1n) is 10.7. The second-order valence-electron chi connectivity index (χ2n) is 7.57. The molecule has 29 heavy (non-hydrogen) atoms. The molecule has 0 aromatic heterocycles. The summed E-state index contributed by atoms with van der Waals surface area (Å²) in [6, 6.07) is 18.3. The highest BCUT2D eigenvalue weighted by Crippen LogP contribution is 2.28. The minimum absolute atomic E-state index is 0.152. The average Bonchev–Trinajstić information content (AvgIpc) is 2.78. The lowest BCUT2D eigenvalue weighted by molar-refractivity contribution is -0.121. The van der Waals surface area contributed by atoms with Gasteiger partial charge in [0.1, 0.15) is 5.75 Å². The van der Waals surface area contributed by atoms with E-state index >= 15 is 0 Å². The number of amides is 1. The molecule has 1 fully saturated rings. The molecular formula is C24H33N3O2. The number of nitrogens with one attached hydrogen (secondary N) is 1. The van der Waals surface area contributed by atoms with Crippen molar-refractivity contribution in [2.75, 3.05) is 44.7 Å². The summed E-state index contributed by atoms with van der Waals surface area (Å²) in [5.74, 6) is 1.10.